The van der Waals surface area contributed by atoms with Gasteiger partial charge in [0.2, 0.25) is 0 Å². The summed E-state index contributed by atoms with van der Waals surface area (Å²) < 4.78 is 16.3. The maximum Gasteiger partial charge on any atom is 0.256 e. The lowest BCUT2D eigenvalue weighted by Gasteiger charge is -2.17. The number of aromatic nitrogens is 4. The van der Waals surface area contributed by atoms with Crippen molar-refractivity contribution in [1.29, 1.82) is 0 Å². The van der Waals surface area contributed by atoms with E-state index in [9.17, 15) is 19.1 Å². The fourth-order valence-corrected chi connectivity index (χ4v) is 3.63. The number of rotatable bonds is 7. The number of aromatic amines is 1. The molecular weight excluding hydrogens is 475 g/mol. The van der Waals surface area contributed by atoms with Gasteiger partial charge in [-0.3, -0.25) is 14.6 Å². The quantitative estimate of drug-likeness (QED) is 0.310. The summed E-state index contributed by atoms with van der Waals surface area (Å²) in [6, 6.07) is 6.55. The standard InChI is InChI=1S/C24H22ClFN6O3/c1-13(11-33)29-24(35)17-9-27-6-5-19(17)30-20-8-16(15-7-14(25)3-4-18(15)26)23(34)31-22(20)21-10-32(2)12-28-21/h3-10,12-13,33H,11H2,1-2H3,(H,27,30)(H,29,35)(H,31,34). The van der Waals surface area contributed by atoms with E-state index >= 15 is 0 Å². The highest BCUT2D eigenvalue weighted by atomic mass is 35.5. The topological polar surface area (TPSA) is 125 Å². The Kier molecular flexibility index (Phi) is 6.94. The van der Waals surface area contributed by atoms with Crippen LogP contribution < -0.4 is 16.2 Å². The van der Waals surface area contributed by atoms with Gasteiger partial charge in [-0.1, -0.05) is 11.6 Å². The largest absolute Gasteiger partial charge is 0.394 e. The second kappa shape index (κ2) is 10.1. The number of hydrogen-bond donors (Lipinski definition) is 4. The van der Waals surface area contributed by atoms with Gasteiger partial charge in [0.1, 0.15) is 11.5 Å². The maximum atomic E-state index is 14.6. The second-order valence-corrected chi connectivity index (χ2v) is 8.39. The minimum Gasteiger partial charge on any atom is -0.394 e. The number of nitrogens with one attached hydrogen (secondary N) is 3. The van der Waals surface area contributed by atoms with Crippen LogP contribution in [-0.2, 0) is 7.05 Å². The van der Waals surface area contributed by atoms with E-state index in [1.54, 1.807) is 37.1 Å². The zero-order valence-corrected chi connectivity index (χ0v) is 19.6. The predicted molar refractivity (Wildman–Crippen MR) is 131 cm³/mol. The lowest BCUT2D eigenvalue weighted by atomic mass is 10.0. The van der Waals surface area contributed by atoms with Crippen molar-refractivity contribution in [3.8, 4) is 22.5 Å². The van der Waals surface area contributed by atoms with Crippen LogP contribution in [0.5, 0.6) is 0 Å². The summed E-state index contributed by atoms with van der Waals surface area (Å²) in [6.07, 6.45) is 6.16. The molecule has 3 aromatic heterocycles. The molecule has 1 amide bonds. The maximum absolute atomic E-state index is 14.6. The minimum absolute atomic E-state index is 0.0267. The molecule has 0 saturated carbocycles. The third kappa shape index (κ3) is 5.23. The zero-order valence-electron chi connectivity index (χ0n) is 18.8. The number of halogens is 2. The Morgan fingerprint density at radius 3 is 2.77 bits per heavy atom. The van der Waals surface area contributed by atoms with E-state index in [-0.39, 0.29) is 28.3 Å². The van der Waals surface area contributed by atoms with E-state index < -0.39 is 23.3 Å². The van der Waals surface area contributed by atoms with Gasteiger partial charge >= 0.3 is 0 Å². The van der Waals surface area contributed by atoms with Gasteiger partial charge in [0.25, 0.3) is 11.5 Å². The molecule has 0 spiro atoms. The first-order valence-electron chi connectivity index (χ1n) is 10.6. The minimum atomic E-state index is -0.613. The number of aryl methyl sites for hydroxylation is 1. The number of benzene rings is 1. The van der Waals surface area contributed by atoms with Gasteiger partial charge in [-0.25, -0.2) is 9.37 Å². The summed E-state index contributed by atoms with van der Waals surface area (Å²) in [5.74, 6) is -1.06. The van der Waals surface area contributed by atoms with Crippen molar-refractivity contribution >= 4 is 28.9 Å². The van der Waals surface area contributed by atoms with Crippen LogP contribution >= 0.6 is 11.6 Å². The number of H-pyrrole nitrogens is 1. The molecule has 180 valence electrons. The number of aliphatic hydroxyl groups excluding tert-OH is 1. The van der Waals surface area contributed by atoms with Crippen LogP contribution in [0, 0.1) is 5.82 Å². The first-order valence-corrected chi connectivity index (χ1v) is 11.0. The molecule has 0 radical (unpaired) electrons. The molecule has 35 heavy (non-hydrogen) atoms. The highest BCUT2D eigenvalue weighted by Gasteiger charge is 2.19. The van der Waals surface area contributed by atoms with E-state index in [0.717, 1.165) is 0 Å². The van der Waals surface area contributed by atoms with Gasteiger partial charge in [-0.2, -0.15) is 0 Å². The molecule has 3 heterocycles. The van der Waals surface area contributed by atoms with E-state index in [1.807, 2.05) is 0 Å². The van der Waals surface area contributed by atoms with Crippen molar-refractivity contribution in [3.05, 3.63) is 82.0 Å². The van der Waals surface area contributed by atoms with Gasteiger partial charge in [-0.15, -0.1) is 0 Å². The number of nitrogens with zero attached hydrogens (tertiary/aromatic N) is 3. The zero-order chi connectivity index (χ0) is 25.1. The summed E-state index contributed by atoms with van der Waals surface area (Å²) in [5.41, 5.74) is 1.29. The van der Waals surface area contributed by atoms with Crippen LogP contribution in [0.15, 0.2) is 60.0 Å². The molecule has 1 atom stereocenters. The highest BCUT2D eigenvalue weighted by molar-refractivity contribution is 6.30. The molecule has 4 rings (SSSR count). The molecular formula is C24H22ClFN6O3. The molecule has 9 nitrogen and oxygen atoms in total. The van der Waals surface area contributed by atoms with Gasteiger partial charge in [-0.05, 0) is 37.3 Å². The number of imidazole rings is 1. The fourth-order valence-electron chi connectivity index (χ4n) is 3.45. The first-order chi connectivity index (χ1) is 16.8. The lowest BCUT2D eigenvalue weighted by molar-refractivity contribution is 0.0923. The van der Waals surface area contributed by atoms with E-state index in [4.69, 9.17) is 11.6 Å². The van der Waals surface area contributed by atoms with Gasteiger partial charge < -0.3 is 25.3 Å². The van der Waals surface area contributed by atoms with Gasteiger partial charge in [0.15, 0.2) is 0 Å². The van der Waals surface area contributed by atoms with Crippen molar-refractivity contribution in [2.75, 3.05) is 11.9 Å². The Labute approximate surface area is 204 Å². The van der Waals surface area contributed by atoms with Crippen LogP contribution in [0.3, 0.4) is 0 Å². The van der Waals surface area contributed by atoms with Crippen molar-refractivity contribution in [2.45, 2.75) is 13.0 Å². The number of anilines is 2. The summed E-state index contributed by atoms with van der Waals surface area (Å²) in [6.45, 7) is 1.43. The average Bonchev–Trinajstić information content (AvgIpc) is 3.27. The Balaban J connectivity index is 1.86. The molecule has 1 aromatic carbocycles. The van der Waals surface area contributed by atoms with E-state index in [1.165, 1.54) is 36.7 Å². The monoisotopic (exact) mass is 496 g/mol. The van der Waals surface area contributed by atoms with E-state index in [0.29, 0.717) is 22.8 Å². The summed E-state index contributed by atoms with van der Waals surface area (Å²) in [5, 5.41) is 15.4. The summed E-state index contributed by atoms with van der Waals surface area (Å²) in [4.78, 5) is 36.9. The molecule has 0 aliphatic heterocycles. The lowest BCUT2D eigenvalue weighted by Crippen LogP contribution is -2.35. The molecule has 4 N–H and O–H groups in total. The third-order valence-corrected chi connectivity index (χ3v) is 5.44. The normalized spacial score (nSPS) is 11.8. The number of amides is 1. The third-order valence-electron chi connectivity index (χ3n) is 5.21. The number of aliphatic hydroxyl groups is 1. The average molecular weight is 497 g/mol. The molecule has 0 aliphatic carbocycles. The SMILES string of the molecule is CC(CO)NC(=O)c1cnccc1Nc1cc(-c2cc(Cl)ccc2F)c(=O)[nH]c1-c1cn(C)cn1. The molecule has 0 bridgehead atoms. The van der Waals surface area contributed by atoms with Crippen molar-refractivity contribution in [3.63, 3.8) is 0 Å². The molecule has 0 aliphatic rings. The Bertz CT molecular complexity index is 1450. The van der Waals surface area contributed by atoms with Crippen molar-refractivity contribution in [1.82, 2.24) is 24.8 Å². The van der Waals surface area contributed by atoms with Gasteiger partial charge in [0, 0.05) is 42.3 Å². The Morgan fingerprint density at radius 1 is 1.26 bits per heavy atom. The van der Waals surface area contributed by atoms with Crippen molar-refractivity contribution < 1.29 is 14.3 Å². The number of carbonyl (C=O) groups is 1. The molecule has 11 heteroatoms. The highest BCUT2D eigenvalue weighted by Crippen LogP contribution is 2.32. The fraction of sp³-hybridized carbons (Fsp3) is 0.167. The Morgan fingerprint density at radius 2 is 2.06 bits per heavy atom. The summed E-state index contributed by atoms with van der Waals surface area (Å²) >= 11 is 6.05. The smallest absolute Gasteiger partial charge is 0.256 e. The van der Waals surface area contributed by atoms with E-state index in [2.05, 4.69) is 25.6 Å². The Hall–Kier alpha value is -4.02. The van der Waals surface area contributed by atoms with Crippen molar-refractivity contribution in [2.24, 2.45) is 7.05 Å². The summed E-state index contributed by atoms with van der Waals surface area (Å²) in [7, 11) is 1.78. The molecule has 0 fully saturated rings. The predicted octanol–water partition coefficient (Wildman–Crippen LogP) is 3.48. The number of pyridine rings is 2. The first kappa shape index (κ1) is 24.1. The van der Waals surface area contributed by atoms with Crippen LogP contribution in [0.2, 0.25) is 5.02 Å². The van der Waals surface area contributed by atoms with Crippen LogP contribution in [0.1, 0.15) is 17.3 Å². The molecule has 0 saturated heterocycles. The van der Waals surface area contributed by atoms with Gasteiger partial charge in [0.05, 0.1) is 41.1 Å². The number of hydrogen-bond acceptors (Lipinski definition) is 6. The molecule has 1 unspecified atom stereocenters. The van der Waals surface area contributed by atoms with Crippen LogP contribution in [0.25, 0.3) is 22.5 Å². The van der Waals surface area contributed by atoms with Crippen LogP contribution in [0.4, 0.5) is 15.8 Å². The van der Waals surface area contributed by atoms with Crippen LogP contribution in [-0.4, -0.2) is 43.2 Å². The molecule has 4 aromatic rings. The number of carbonyl (C=O) groups excluding carboxylic acids is 1. The second-order valence-electron chi connectivity index (χ2n) is 7.95.